The van der Waals surface area contributed by atoms with E-state index in [1.54, 1.807) is 36.4 Å². The van der Waals surface area contributed by atoms with Crippen LogP contribution in [0.1, 0.15) is 10.4 Å². The zero-order chi connectivity index (χ0) is 15.7. The number of carbonyl (C=O) groups is 1. The van der Waals surface area contributed by atoms with E-state index in [0.717, 1.165) is 10.8 Å². The van der Waals surface area contributed by atoms with Crippen molar-refractivity contribution in [2.45, 2.75) is 0 Å². The number of carbonyl (C=O) groups excluding carboxylic acids is 1. The molecule has 3 aromatic carbocycles. The molecule has 3 rings (SSSR count). The fourth-order valence-corrected chi connectivity index (χ4v) is 2.30. The van der Waals surface area contributed by atoms with Gasteiger partial charge in [0.1, 0.15) is 17.2 Å². The van der Waals surface area contributed by atoms with Gasteiger partial charge in [0.15, 0.2) is 0 Å². The normalized spacial score (nSPS) is 10.6. The molecule has 0 aliphatic carbocycles. The molecule has 4 nitrogen and oxygen atoms in total. The Kier molecular flexibility index (Phi) is 3.61. The third-order valence-electron chi connectivity index (χ3n) is 3.18. The van der Waals surface area contributed by atoms with E-state index in [0.29, 0.717) is 5.56 Å². The van der Waals surface area contributed by atoms with Gasteiger partial charge in [0.2, 0.25) is 0 Å². The van der Waals surface area contributed by atoms with Crippen LogP contribution in [0.25, 0.3) is 10.8 Å². The van der Waals surface area contributed by atoms with E-state index in [1.165, 1.54) is 18.2 Å². The minimum atomic E-state index is -0.553. The first-order valence-electron chi connectivity index (χ1n) is 6.46. The second-order valence-electron chi connectivity index (χ2n) is 4.75. The molecule has 3 aromatic rings. The van der Waals surface area contributed by atoms with Gasteiger partial charge in [-0.1, -0.05) is 23.7 Å². The van der Waals surface area contributed by atoms with E-state index in [4.69, 9.17) is 16.3 Å². The highest BCUT2D eigenvalue weighted by Crippen LogP contribution is 2.29. The van der Waals surface area contributed by atoms with Gasteiger partial charge in [0.05, 0.1) is 10.6 Å². The number of fused-ring (bicyclic) bond motifs is 1. The summed E-state index contributed by atoms with van der Waals surface area (Å²) in [5.41, 5.74) is 0.363. The van der Waals surface area contributed by atoms with E-state index in [9.17, 15) is 15.0 Å². The van der Waals surface area contributed by atoms with Crippen molar-refractivity contribution >= 4 is 28.3 Å². The predicted octanol–water partition coefficient (Wildman–Crippen LogP) is 4.12. The van der Waals surface area contributed by atoms with Gasteiger partial charge < -0.3 is 14.9 Å². The molecule has 0 saturated heterocycles. The van der Waals surface area contributed by atoms with Crippen LogP contribution in [0.3, 0.4) is 0 Å². The van der Waals surface area contributed by atoms with E-state index in [2.05, 4.69) is 0 Å². The van der Waals surface area contributed by atoms with Crippen molar-refractivity contribution in [2.75, 3.05) is 0 Å². The van der Waals surface area contributed by atoms with Gasteiger partial charge in [-0.15, -0.1) is 0 Å². The summed E-state index contributed by atoms with van der Waals surface area (Å²) in [5, 5.41) is 20.5. The first-order chi connectivity index (χ1) is 10.5. The second kappa shape index (κ2) is 5.58. The molecule has 5 heteroatoms. The summed E-state index contributed by atoms with van der Waals surface area (Å²) in [4.78, 5) is 12.2. The fourth-order valence-electron chi connectivity index (χ4n) is 2.09. The third-order valence-corrected chi connectivity index (χ3v) is 3.47. The van der Waals surface area contributed by atoms with Crippen LogP contribution < -0.4 is 4.74 Å². The van der Waals surface area contributed by atoms with Crippen molar-refractivity contribution < 1.29 is 19.7 Å². The van der Waals surface area contributed by atoms with E-state index < -0.39 is 5.97 Å². The maximum Gasteiger partial charge on any atom is 0.343 e. The lowest BCUT2D eigenvalue weighted by atomic mass is 10.1. The number of ether oxygens (including phenoxy) is 1. The number of phenolic OH excluding ortho intramolecular Hbond substituents is 2. The molecule has 0 radical (unpaired) electrons. The zero-order valence-corrected chi connectivity index (χ0v) is 12.0. The van der Waals surface area contributed by atoms with Crippen LogP contribution in [0.4, 0.5) is 0 Å². The quantitative estimate of drug-likeness (QED) is 0.551. The molecule has 0 aliphatic heterocycles. The number of benzene rings is 3. The van der Waals surface area contributed by atoms with Crippen LogP contribution in [-0.4, -0.2) is 16.2 Å². The lowest BCUT2D eigenvalue weighted by Crippen LogP contribution is -2.08. The molecular formula is C17H11ClO4. The fraction of sp³-hybridized carbons (Fsp3) is 0. The molecule has 0 fully saturated rings. The molecule has 0 aromatic heterocycles. The molecule has 0 unspecified atom stereocenters. The van der Waals surface area contributed by atoms with Crippen LogP contribution in [0.5, 0.6) is 17.2 Å². The van der Waals surface area contributed by atoms with Crippen molar-refractivity contribution in [1.82, 2.24) is 0 Å². The van der Waals surface area contributed by atoms with Crippen molar-refractivity contribution in [2.24, 2.45) is 0 Å². The third kappa shape index (κ3) is 2.82. The largest absolute Gasteiger partial charge is 0.508 e. The minimum absolute atomic E-state index is 0.00434. The van der Waals surface area contributed by atoms with E-state index >= 15 is 0 Å². The Morgan fingerprint density at radius 3 is 2.27 bits per heavy atom. The summed E-state index contributed by atoms with van der Waals surface area (Å²) >= 11 is 5.91. The van der Waals surface area contributed by atoms with Gasteiger partial charge in [0.25, 0.3) is 0 Å². The van der Waals surface area contributed by atoms with Gasteiger partial charge in [-0.3, -0.25) is 0 Å². The molecule has 0 heterocycles. The van der Waals surface area contributed by atoms with Crippen molar-refractivity contribution in [3.05, 3.63) is 65.2 Å². The number of rotatable bonds is 2. The Hall–Kier alpha value is -2.72. The molecule has 0 amide bonds. The first kappa shape index (κ1) is 14.2. The summed E-state index contributed by atoms with van der Waals surface area (Å²) in [5.74, 6) is -0.216. The average Bonchev–Trinajstić information content (AvgIpc) is 2.49. The Morgan fingerprint density at radius 1 is 0.864 bits per heavy atom. The predicted molar refractivity (Wildman–Crippen MR) is 83.7 cm³/mol. The SMILES string of the molecule is O=C(Oc1ccc(O)cc1Cl)c1ccc2cc(O)ccc2c1. The summed E-state index contributed by atoms with van der Waals surface area (Å²) in [6.07, 6.45) is 0. The molecular weight excluding hydrogens is 304 g/mol. The topological polar surface area (TPSA) is 66.8 Å². The highest BCUT2D eigenvalue weighted by Gasteiger charge is 2.12. The summed E-state index contributed by atoms with van der Waals surface area (Å²) < 4.78 is 5.23. The second-order valence-corrected chi connectivity index (χ2v) is 5.16. The zero-order valence-electron chi connectivity index (χ0n) is 11.3. The highest BCUT2D eigenvalue weighted by molar-refractivity contribution is 6.32. The van der Waals surface area contributed by atoms with Gasteiger partial charge in [-0.25, -0.2) is 4.79 Å². The van der Waals surface area contributed by atoms with Crippen LogP contribution in [0, 0.1) is 0 Å². The first-order valence-corrected chi connectivity index (χ1v) is 6.84. The number of aromatic hydroxyl groups is 2. The molecule has 110 valence electrons. The monoisotopic (exact) mass is 314 g/mol. The summed E-state index contributed by atoms with van der Waals surface area (Å²) in [6, 6.07) is 14.0. The molecule has 0 bridgehead atoms. The Morgan fingerprint density at radius 2 is 1.50 bits per heavy atom. The van der Waals surface area contributed by atoms with Gasteiger partial charge in [-0.05, 0) is 47.2 Å². The maximum atomic E-state index is 12.2. The standard InChI is InChI=1S/C17H11ClO4/c18-15-9-14(20)5-6-16(15)22-17(21)12-2-1-11-8-13(19)4-3-10(11)7-12/h1-9,19-20H. The Bertz CT molecular complexity index is 874. The van der Waals surface area contributed by atoms with Crippen LogP contribution in [-0.2, 0) is 0 Å². The number of hydrogen-bond acceptors (Lipinski definition) is 4. The molecule has 0 aliphatic rings. The molecule has 22 heavy (non-hydrogen) atoms. The van der Waals surface area contributed by atoms with Gasteiger partial charge in [-0.2, -0.15) is 0 Å². The van der Waals surface area contributed by atoms with Gasteiger partial charge >= 0.3 is 5.97 Å². The van der Waals surface area contributed by atoms with E-state index in [1.807, 2.05) is 0 Å². The lowest BCUT2D eigenvalue weighted by Gasteiger charge is -2.07. The number of hydrogen-bond donors (Lipinski definition) is 2. The molecule has 0 saturated carbocycles. The smallest absolute Gasteiger partial charge is 0.343 e. The molecule has 0 atom stereocenters. The highest BCUT2D eigenvalue weighted by atomic mass is 35.5. The Balaban J connectivity index is 1.90. The average molecular weight is 315 g/mol. The van der Waals surface area contributed by atoms with Crippen LogP contribution >= 0.6 is 11.6 Å². The summed E-state index contributed by atoms with van der Waals surface area (Å²) in [7, 11) is 0. The number of halogens is 1. The summed E-state index contributed by atoms with van der Waals surface area (Å²) in [6.45, 7) is 0. The van der Waals surface area contributed by atoms with Crippen LogP contribution in [0.15, 0.2) is 54.6 Å². The van der Waals surface area contributed by atoms with Crippen LogP contribution in [0.2, 0.25) is 5.02 Å². The lowest BCUT2D eigenvalue weighted by molar-refractivity contribution is 0.0735. The minimum Gasteiger partial charge on any atom is -0.508 e. The van der Waals surface area contributed by atoms with Crippen molar-refractivity contribution in [3.63, 3.8) is 0 Å². The van der Waals surface area contributed by atoms with E-state index in [-0.39, 0.29) is 22.3 Å². The molecule has 0 spiro atoms. The van der Waals surface area contributed by atoms with Crippen molar-refractivity contribution in [3.8, 4) is 17.2 Å². The maximum absolute atomic E-state index is 12.2. The van der Waals surface area contributed by atoms with Gasteiger partial charge in [0, 0.05) is 6.07 Å². The van der Waals surface area contributed by atoms with Crippen molar-refractivity contribution in [1.29, 1.82) is 0 Å². The number of esters is 1. The Labute approximate surface area is 131 Å². The number of phenols is 2. The molecule has 2 N–H and O–H groups in total.